The number of nitrogens with two attached hydrogens (primary N) is 1. The van der Waals surface area contributed by atoms with Crippen LogP contribution in [0, 0.1) is 0 Å². The summed E-state index contributed by atoms with van der Waals surface area (Å²) in [5, 5.41) is 0.874. The van der Waals surface area contributed by atoms with Crippen LogP contribution in [0.4, 0.5) is 11.4 Å². The standard InChI is InChI=1S/C11H14Cl2N2O2S/c1-15(8-2-3-18(16,17)6-8)11-9(12)4-7(14)5-10(11)13/h4-5,8H,2-3,6,14H2,1H3. The Labute approximate surface area is 117 Å². The van der Waals surface area contributed by atoms with Crippen molar-refractivity contribution in [2.45, 2.75) is 12.5 Å². The molecule has 100 valence electrons. The van der Waals surface area contributed by atoms with Crippen LogP contribution in [0.3, 0.4) is 0 Å². The summed E-state index contributed by atoms with van der Waals surface area (Å²) in [6.45, 7) is 0. The van der Waals surface area contributed by atoms with E-state index in [1.54, 1.807) is 19.2 Å². The predicted octanol–water partition coefficient (Wildman–Crippen LogP) is 2.20. The van der Waals surface area contributed by atoms with Crippen LogP contribution < -0.4 is 10.6 Å². The predicted molar refractivity (Wildman–Crippen MR) is 76.3 cm³/mol. The number of benzene rings is 1. The molecule has 1 aromatic carbocycles. The van der Waals surface area contributed by atoms with Gasteiger partial charge in [0.2, 0.25) is 0 Å². The van der Waals surface area contributed by atoms with Crippen LogP contribution >= 0.6 is 23.2 Å². The molecular weight excluding hydrogens is 295 g/mol. The number of nitrogens with zero attached hydrogens (tertiary/aromatic N) is 1. The molecule has 1 unspecified atom stereocenters. The van der Waals surface area contributed by atoms with Gasteiger partial charge in [-0.1, -0.05) is 23.2 Å². The summed E-state index contributed by atoms with van der Waals surface area (Å²) in [5.41, 5.74) is 6.76. The number of rotatable bonds is 2. The molecule has 0 saturated carbocycles. The fraction of sp³-hybridized carbons (Fsp3) is 0.455. The van der Waals surface area contributed by atoms with Gasteiger partial charge in [-0.05, 0) is 18.6 Å². The second-order valence-corrected chi connectivity index (χ2v) is 7.54. The lowest BCUT2D eigenvalue weighted by molar-refractivity contribution is 0.601. The number of nitrogen functional groups attached to an aromatic ring is 1. The van der Waals surface area contributed by atoms with Crippen LogP contribution in [0.2, 0.25) is 10.0 Å². The summed E-state index contributed by atoms with van der Waals surface area (Å²) in [4.78, 5) is 1.83. The zero-order chi connectivity index (χ0) is 13.5. The second kappa shape index (κ2) is 4.79. The molecule has 1 aliphatic heterocycles. The molecule has 1 saturated heterocycles. The highest BCUT2D eigenvalue weighted by molar-refractivity contribution is 7.91. The third-order valence-electron chi connectivity index (χ3n) is 3.15. The topological polar surface area (TPSA) is 63.4 Å². The van der Waals surface area contributed by atoms with Gasteiger partial charge in [0.05, 0.1) is 27.2 Å². The molecule has 18 heavy (non-hydrogen) atoms. The first kappa shape index (κ1) is 13.8. The van der Waals surface area contributed by atoms with Gasteiger partial charge in [-0.25, -0.2) is 8.42 Å². The number of hydrogen-bond donors (Lipinski definition) is 1. The molecule has 4 nitrogen and oxygen atoms in total. The van der Waals surface area contributed by atoms with Gasteiger partial charge >= 0.3 is 0 Å². The van der Waals surface area contributed by atoms with E-state index in [0.29, 0.717) is 27.8 Å². The molecule has 0 spiro atoms. The minimum Gasteiger partial charge on any atom is -0.399 e. The molecule has 2 rings (SSSR count). The Morgan fingerprint density at radius 1 is 1.33 bits per heavy atom. The Kier molecular flexibility index (Phi) is 3.67. The minimum atomic E-state index is -2.93. The van der Waals surface area contributed by atoms with Crippen LogP contribution in [-0.4, -0.2) is 33.0 Å². The molecule has 1 aromatic rings. The lowest BCUT2D eigenvalue weighted by Gasteiger charge is -2.27. The van der Waals surface area contributed by atoms with E-state index in [0.717, 1.165) is 0 Å². The van der Waals surface area contributed by atoms with Crippen molar-refractivity contribution < 1.29 is 8.42 Å². The smallest absolute Gasteiger partial charge is 0.152 e. The Morgan fingerprint density at radius 2 is 1.89 bits per heavy atom. The number of sulfone groups is 1. The van der Waals surface area contributed by atoms with Crippen LogP contribution in [0.15, 0.2) is 12.1 Å². The average molecular weight is 309 g/mol. The molecule has 0 bridgehead atoms. The van der Waals surface area contributed by atoms with Crippen LogP contribution in [-0.2, 0) is 9.84 Å². The van der Waals surface area contributed by atoms with Crippen molar-refractivity contribution in [3.05, 3.63) is 22.2 Å². The molecule has 1 fully saturated rings. The fourth-order valence-electron chi connectivity index (χ4n) is 2.19. The van der Waals surface area contributed by atoms with Gasteiger partial charge in [-0.2, -0.15) is 0 Å². The summed E-state index contributed by atoms with van der Waals surface area (Å²) in [6.07, 6.45) is 0.593. The highest BCUT2D eigenvalue weighted by Crippen LogP contribution is 2.37. The summed E-state index contributed by atoms with van der Waals surface area (Å²) in [6, 6.07) is 3.14. The summed E-state index contributed by atoms with van der Waals surface area (Å²) < 4.78 is 23.0. The first-order valence-corrected chi connectivity index (χ1v) is 8.05. The van der Waals surface area contributed by atoms with E-state index in [9.17, 15) is 8.42 Å². The normalized spacial score (nSPS) is 22.1. The van der Waals surface area contributed by atoms with Crippen molar-refractivity contribution in [2.24, 2.45) is 0 Å². The maximum absolute atomic E-state index is 11.5. The monoisotopic (exact) mass is 308 g/mol. The Bertz CT molecular complexity index is 551. The second-order valence-electron chi connectivity index (χ2n) is 4.50. The third kappa shape index (κ3) is 2.68. The summed E-state index contributed by atoms with van der Waals surface area (Å²) in [7, 11) is -1.13. The van der Waals surface area contributed by atoms with Crippen LogP contribution in [0.25, 0.3) is 0 Å². The van der Waals surface area contributed by atoms with Crippen molar-refractivity contribution in [1.82, 2.24) is 0 Å². The molecule has 0 amide bonds. The molecule has 0 radical (unpaired) electrons. The molecule has 0 aliphatic carbocycles. The van der Waals surface area contributed by atoms with Gasteiger partial charge in [0.1, 0.15) is 0 Å². The van der Waals surface area contributed by atoms with E-state index in [1.165, 1.54) is 0 Å². The number of halogens is 2. The fourth-order valence-corrected chi connectivity index (χ4v) is 4.73. The zero-order valence-electron chi connectivity index (χ0n) is 9.86. The van der Waals surface area contributed by atoms with Gasteiger partial charge < -0.3 is 10.6 Å². The Morgan fingerprint density at radius 3 is 2.33 bits per heavy atom. The van der Waals surface area contributed by atoms with Crippen molar-refractivity contribution in [1.29, 1.82) is 0 Å². The van der Waals surface area contributed by atoms with E-state index >= 15 is 0 Å². The maximum atomic E-state index is 11.5. The van der Waals surface area contributed by atoms with Crippen LogP contribution in [0.5, 0.6) is 0 Å². The molecular formula is C11H14Cl2N2O2S. The molecule has 0 aromatic heterocycles. The van der Waals surface area contributed by atoms with E-state index in [1.807, 2.05) is 4.90 Å². The number of hydrogen-bond acceptors (Lipinski definition) is 4. The van der Waals surface area contributed by atoms with Crippen molar-refractivity contribution in [3.8, 4) is 0 Å². The van der Waals surface area contributed by atoms with Gasteiger partial charge in [-0.3, -0.25) is 0 Å². The SMILES string of the molecule is CN(c1c(Cl)cc(N)cc1Cl)C1CCS(=O)(=O)C1. The lowest BCUT2D eigenvalue weighted by Crippen LogP contribution is -2.33. The molecule has 1 heterocycles. The van der Waals surface area contributed by atoms with Gasteiger partial charge in [0, 0.05) is 18.8 Å². The molecule has 2 N–H and O–H groups in total. The zero-order valence-corrected chi connectivity index (χ0v) is 12.2. The minimum absolute atomic E-state index is 0.0892. The van der Waals surface area contributed by atoms with E-state index < -0.39 is 9.84 Å². The number of anilines is 2. The lowest BCUT2D eigenvalue weighted by atomic mass is 10.2. The van der Waals surface area contributed by atoms with E-state index in [-0.39, 0.29) is 17.5 Å². The van der Waals surface area contributed by atoms with Crippen molar-refractivity contribution in [3.63, 3.8) is 0 Å². The highest BCUT2D eigenvalue weighted by atomic mass is 35.5. The average Bonchev–Trinajstić information content (AvgIpc) is 2.57. The van der Waals surface area contributed by atoms with E-state index in [2.05, 4.69) is 0 Å². The highest BCUT2D eigenvalue weighted by Gasteiger charge is 2.32. The first-order chi connectivity index (χ1) is 8.30. The largest absolute Gasteiger partial charge is 0.399 e. The van der Waals surface area contributed by atoms with Gasteiger partial charge in [0.25, 0.3) is 0 Å². The third-order valence-corrected chi connectivity index (χ3v) is 5.47. The van der Waals surface area contributed by atoms with Crippen molar-refractivity contribution >= 4 is 44.4 Å². The van der Waals surface area contributed by atoms with Gasteiger partial charge in [0.15, 0.2) is 9.84 Å². The van der Waals surface area contributed by atoms with E-state index in [4.69, 9.17) is 28.9 Å². The first-order valence-electron chi connectivity index (χ1n) is 5.48. The quantitative estimate of drug-likeness (QED) is 0.851. The Balaban J connectivity index is 2.33. The summed E-state index contributed by atoms with van der Waals surface area (Å²) >= 11 is 12.2. The maximum Gasteiger partial charge on any atom is 0.152 e. The van der Waals surface area contributed by atoms with Crippen molar-refractivity contribution in [2.75, 3.05) is 29.2 Å². The Hall–Kier alpha value is -0.650. The van der Waals surface area contributed by atoms with Crippen LogP contribution in [0.1, 0.15) is 6.42 Å². The van der Waals surface area contributed by atoms with Gasteiger partial charge in [-0.15, -0.1) is 0 Å². The molecule has 1 aliphatic rings. The molecule has 1 atom stereocenters. The summed E-state index contributed by atoms with van der Waals surface area (Å²) in [5.74, 6) is 0.354. The molecule has 7 heteroatoms.